The molecule has 0 atom stereocenters. The van der Waals surface area contributed by atoms with E-state index in [-0.39, 0.29) is 12.0 Å². The van der Waals surface area contributed by atoms with E-state index in [1.807, 2.05) is 30.5 Å². The van der Waals surface area contributed by atoms with Crippen LogP contribution in [-0.2, 0) is 0 Å². The molecule has 0 N–H and O–H groups in total. The van der Waals surface area contributed by atoms with Crippen LogP contribution in [0.2, 0.25) is 0 Å². The van der Waals surface area contributed by atoms with E-state index in [4.69, 9.17) is 14.6 Å². The number of nitrogens with zero attached hydrogens (tertiary/aromatic N) is 5. The molecule has 0 aliphatic heterocycles. The highest BCUT2D eigenvalue weighted by Crippen LogP contribution is 2.36. The summed E-state index contributed by atoms with van der Waals surface area (Å²) < 4.78 is 12.0. The third-order valence-corrected chi connectivity index (χ3v) is 7.69. The maximum Gasteiger partial charge on any atom is 0.324 e. The number of hydrogen-bond acceptors (Lipinski definition) is 6. The molecule has 0 fully saturated rings. The van der Waals surface area contributed by atoms with Gasteiger partial charge in [-0.05, 0) is 29.9 Å². The standard InChI is InChI=1S/C26H22N5O2P/c1-32-25-27-24(28-26(29-25)33-2)31-18-17-22(30-31)21-15-9-10-16-23(21)34(19-11-5-3-6-12-19)20-13-7-4-8-14-20/h3-18H,1-2H3. The van der Waals surface area contributed by atoms with Crippen molar-refractivity contribution in [2.75, 3.05) is 14.2 Å². The van der Waals surface area contributed by atoms with Gasteiger partial charge >= 0.3 is 12.0 Å². The summed E-state index contributed by atoms with van der Waals surface area (Å²) in [7, 11) is 2.22. The van der Waals surface area contributed by atoms with E-state index >= 15 is 0 Å². The summed E-state index contributed by atoms with van der Waals surface area (Å²) in [5.41, 5.74) is 1.89. The van der Waals surface area contributed by atoms with Crippen molar-refractivity contribution in [3.05, 3.63) is 97.2 Å². The molecular weight excluding hydrogens is 445 g/mol. The summed E-state index contributed by atoms with van der Waals surface area (Å²) in [4.78, 5) is 12.7. The van der Waals surface area contributed by atoms with Gasteiger partial charge in [-0.25, -0.2) is 4.68 Å². The van der Waals surface area contributed by atoms with Gasteiger partial charge in [-0.15, -0.1) is 4.98 Å². The van der Waals surface area contributed by atoms with Crippen LogP contribution in [0.25, 0.3) is 17.2 Å². The van der Waals surface area contributed by atoms with E-state index in [1.54, 1.807) is 4.68 Å². The average Bonchev–Trinajstić information content (AvgIpc) is 3.40. The van der Waals surface area contributed by atoms with Gasteiger partial charge < -0.3 is 9.47 Å². The first kappa shape index (κ1) is 21.7. The minimum atomic E-state index is -0.781. The Hall–Kier alpha value is -4.09. The van der Waals surface area contributed by atoms with Crippen LogP contribution in [0.4, 0.5) is 0 Å². The van der Waals surface area contributed by atoms with E-state index in [0.717, 1.165) is 11.3 Å². The molecule has 0 aliphatic rings. The largest absolute Gasteiger partial charge is 0.467 e. The van der Waals surface area contributed by atoms with E-state index in [9.17, 15) is 0 Å². The van der Waals surface area contributed by atoms with E-state index in [2.05, 4.69) is 81.7 Å². The molecule has 0 spiro atoms. The molecule has 2 heterocycles. The molecule has 0 aliphatic carbocycles. The Morgan fingerprint density at radius 2 is 1.21 bits per heavy atom. The summed E-state index contributed by atoms with van der Waals surface area (Å²) in [6.07, 6.45) is 1.83. The highest BCUT2D eigenvalue weighted by Gasteiger charge is 2.21. The van der Waals surface area contributed by atoms with Crippen molar-refractivity contribution in [1.29, 1.82) is 0 Å². The Labute approximate surface area is 198 Å². The Balaban J connectivity index is 1.61. The third-order valence-electron chi connectivity index (χ3n) is 5.19. The molecule has 0 saturated heterocycles. The first-order valence-electron chi connectivity index (χ1n) is 10.7. The second kappa shape index (κ2) is 9.81. The van der Waals surface area contributed by atoms with Gasteiger partial charge in [0.1, 0.15) is 0 Å². The van der Waals surface area contributed by atoms with Crippen molar-refractivity contribution >= 4 is 23.8 Å². The van der Waals surface area contributed by atoms with Gasteiger partial charge in [-0.3, -0.25) is 0 Å². The minimum absolute atomic E-state index is 0.163. The van der Waals surface area contributed by atoms with Crippen molar-refractivity contribution in [1.82, 2.24) is 24.7 Å². The second-order valence-corrected chi connectivity index (χ2v) is 9.46. The second-order valence-electron chi connectivity index (χ2n) is 7.28. The molecule has 5 rings (SSSR count). The van der Waals surface area contributed by atoms with Crippen molar-refractivity contribution in [3.63, 3.8) is 0 Å². The van der Waals surface area contributed by atoms with Crippen LogP contribution in [-0.4, -0.2) is 39.0 Å². The predicted molar refractivity (Wildman–Crippen MR) is 134 cm³/mol. The quantitative estimate of drug-likeness (QED) is 0.341. The molecule has 3 aromatic carbocycles. The number of methoxy groups -OCH3 is 2. The lowest BCUT2D eigenvalue weighted by atomic mass is 10.1. The van der Waals surface area contributed by atoms with Crippen LogP contribution in [0.15, 0.2) is 97.2 Å². The SMILES string of the molecule is COc1nc(OC)nc(-n2ccc(-c3ccccc3P(c3ccccc3)c3ccccc3)n2)n1. The van der Waals surface area contributed by atoms with E-state index in [1.165, 1.54) is 30.1 Å². The molecule has 5 aromatic rings. The zero-order chi connectivity index (χ0) is 23.3. The lowest BCUT2D eigenvalue weighted by molar-refractivity contribution is 0.338. The molecule has 0 bridgehead atoms. The van der Waals surface area contributed by atoms with E-state index < -0.39 is 7.92 Å². The van der Waals surface area contributed by atoms with Gasteiger partial charge in [-0.1, -0.05) is 84.9 Å². The molecule has 0 radical (unpaired) electrons. The molecule has 34 heavy (non-hydrogen) atoms. The fraction of sp³-hybridized carbons (Fsp3) is 0.0769. The minimum Gasteiger partial charge on any atom is -0.467 e. The number of hydrogen-bond donors (Lipinski definition) is 0. The van der Waals surface area contributed by atoms with Gasteiger partial charge in [0, 0.05) is 11.8 Å². The number of ether oxygens (including phenoxy) is 2. The maximum atomic E-state index is 5.18. The van der Waals surface area contributed by atoms with Crippen molar-refractivity contribution in [2.45, 2.75) is 0 Å². The molecule has 2 aromatic heterocycles. The molecular formula is C26H22N5O2P. The topological polar surface area (TPSA) is 75.0 Å². The monoisotopic (exact) mass is 467 g/mol. The molecule has 8 heteroatoms. The zero-order valence-corrected chi connectivity index (χ0v) is 19.6. The normalized spacial score (nSPS) is 10.9. The van der Waals surface area contributed by atoms with Crippen LogP contribution in [0.1, 0.15) is 0 Å². The van der Waals surface area contributed by atoms with Gasteiger partial charge in [0.25, 0.3) is 5.95 Å². The summed E-state index contributed by atoms with van der Waals surface area (Å²) in [5.74, 6) is 0.320. The van der Waals surface area contributed by atoms with Crippen LogP contribution in [0.3, 0.4) is 0 Å². The number of aromatic nitrogens is 5. The molecule has 7 nitrogen and oxygen atoms in total. The third kappa shape index (κ3) is 4.38. The fourth-order valence-electron chi connectivity index (χ4n) is 3.66. The number of rotatable bonds is 7. The average molecular weight is 467 g/mol. The Kier molecular flexibility index (Phi) is 6.27. The van der Waals surface area contributed by atoms with Gasteiger partial charge in [-0.2, -0.15) is 15.1 Å². The van der Waals surface area contributed by atoms with Crippen molar-refractivity contribution in [3.8, 4) is 29.2 Å². The van der Waals surface area contributed by atoms with Crippen LogP contribution in [0, 0.1) is 0 Å². The summed E-state index contributed by atoms with van der Waals surface area (Å²) in [6, 6.07) is 31.9. The van der Waals surface area contributed by atoms with Crippen LogP contribution >= 0.6 is 7.92 Å². The zero-order valence-electron chi connectivity index (χ0n) is 18.7. The fourth-order valence-corrected chi connectivity index (χ4v) is 6.12. The summed E-state index contributed by atoms with van der Waals surface area (Å²) in [5, 5.41) is 8.58. The summed E-state index contributed by atoms with van der Waals surface area (Å²) >= 11 is 0. The molecule has 0 saturated carbocycles. The van der Waals surface area contributed by atoms with Gasteiger partial charge in [0.15, 0.2) is 0 Å². The smallest absolute Gasteiger partial charge is 0.324 e. The first-order valence-corrected chi connectivity index (χ1v) is 12.0. The van der Waals surface area contributed by atoms with Crippen molar-refractivity contribution < 1.29 is 9.47 Å². The lowest BCUT2D eigenvalue weighted by Gasteiger charge is -2.21. The molecule has 168 valence electrons. The molecule has 0 amide bonds. The van der Waals surface area contributed by atoms with Crippen molar-refractivity contribution in [2.24, 2.45) is 0 Å². The highest BCUT2D eigenvalue weighted by molar-refractivity contribution is 7.80. The van der Waals surface area contributed by atoms with Gasteiger partial charge in [0.05, 0.1) is 19.9 Å². The molecule has 0 unspecified atom stereocenters. The van der Waals surface area contributed by atoms with Crippen LogP contribution in [0.5, 0.6) is 12.0 Å². The Bertz CT molecular complexity index is 1330. The number of benzene rings is 3. The predicted octanol–water partition coefficient (Wildman–Crippen LogP) is 3.50. The van der Waals surface area contributed by atoms with Gasteiger partial charge in [0.2, 0.25) is 0 Å². The van der Waals surface area contributed by atoms with Crippen LogP contribution < -0.4 is 25.4 Å². The highest BCUT2D eigenvalue weighted by atomic mass is 31.1. The summed E-state index contributed by atoms with van der Waals surface area (Å²) in [6.45, 7) is 0. The Morgan fingerprint density at radius 1 is 0.647 bits per heavy atom. The lowest BCUT2D eigenvalue weighted by Crippen LogP contribution is -2.22. The Morgan fingerprint density at radius 3 is 1.79 bits per heavy atom. The maximum absolute atomic E-state index is 5.18. The first-order chi connectivity index (χ1) is 16.8. The van der Waals surface area contributed by atoms with E-state index in [0.29, 0.717) is 5.95 Å².